The normalized spacial score (nSPS) is 18.8. The Bertz CT molecular complexity index is 382. The second kappa shape index (κ2) is 9.30. The van der Waals surface area contributed by atoms with Crippen molar-refractivity contribution in [2.75, 3.05) is 59.0 Å². The van der Waals surface area contributed by atoms with E-state index in [2.05, 4.69) is 11.9 Å². The van der Waals surface area contributed by atoms with Crippen molar-refractivity contribution in [2.45, 2.75) is 31.7 Å². The zero-order chi connectivity index (χ0) is 15.9. The van der Waals surface area contributed by atoms with Gasteiger partial charge in [-0.2, -0.15) is 4.31 Å². The molecule has 0 N–H and O–H groups in total. The van der Waals surface area contributed by atoms with Crippen LogP contribution < -0.4 is 0 Å². The summed E-state index contributed by atoms with van der Waals surface area (Å²) in [6, 6.07) is 0.155. The number of piperidine rings is 1. The Kier molecular flexibility index (Phi) is 8.49. The molecule has 0 unspecified atom stereocenters. The van der Waals surface area contributed by atoms with Crippen molar-refractivity contribution in [3.05, 3.63) is 0 Å². The van der Waals surface area contributed by atoms with Gasteiger partial charge in [0.05, 0.1) is 5.75 Å². The van der Waals surface area contributed by atoms with Gasteiger partial charge in [-0.15, -0.1) is 11.6 Å². The van der Waals surface area contributed by atoms with E-state index >= 15 is 0 Å². The molecule has 126 valence electrons. The van der Waals surface area contributed by atoms with E-state index < -0.39 is 10.0 Å². The fraction of sp³-hybridized carbons (Fsp3) is 1.00. The predicted octanol–water partition coefficient (Wildman–Crippen LogP) is 1.29. The number of halogens is 1. The van der Waals surface area contributed by atoms with Crippen LogP contribution in [0.25, 0.3) is 0 Å². The SMILES string of the molecule is CN(C)CCN(C1CCN(C)CC1)S(=O)(=O)CCCCCl. The zero-order valence-corrected chi connectivity index (χ0v) is 15.2. The molecule has 1 aliphatic heterocycles. The third-order valence-corrected chi connectivity index (χ3v) is 6.27. The van der Waals surface area contributed by atoms with Crippen LogP contribution in [0.15, 0.2) is 0 Å². The maximum Gasteiger partial charge on any atom is 0.214 e. The van der Waals surface area contributed by atoms with E-state index in [1.54, 1.807) is 4.31 Å². The number of alkyl halides is 1. The first-order valence-corrected chi connectivity index (χ1v) is 9.90. The molecule has 0 saturated carbocycles. The maximum atomic E-state index is 12.6. The number of likely N-dealkylation sites (tertiary alicyclic amines) is 1. The third kappa shape index (κ3) is 6.82. The van der Waals surface area contributed by atoms with Crippen LogP contribution in [0.5, 0.6) is 0 Å². The largest absolute Gasteiger partial charge is 0.308 e. The Morgan fingerprint density at radius 3 is 2.29 bits per heavy atom. The van der Waals surface area contributed by atoms with Gasteiger partial charge in [0.1, 0.15) is 0 Å². The highest BCUT2D eigenvalue weighted by Gasteiger charge is 2.31. The van der Waals surface area contributed by atoms with Crippen LogP contribution >= 0.6 is 11.6 Å². The van der Waals surface area contributed by atoms with Gasteiger partial charge in [-0.1, -0.05) is 0 Å². The molecule has 1 saturated heterocycles. The summed E-state index contributed by atoms with van der Waals surface area (Å²) in [5, 5.41) is 0. The average Bonchev–Trinajstić information content (AvgIpc) is 2.40. The van der Waals surface area contributed by atoms with Crippen molar-refractivity contribution >= 4 is 21.6 Å². The molecule has 0 amide bonds. The number of unbranched alkanes of at least 4 members (excludes halogenated alkanes) is 1. The van der Waals surface area contributed by atoms with Gasteiger partial charge in [0, 0.05) is 25.0 Å². The zero-order valence-electron chi connectivity index (χ0n) is 13.6. The molecular formula is C14H30ClN3O2S. The van der Waals surface area contributed by atoms with Gasteiger partial charge in [0.15, 0.2) is 0 Å². The highest BCUT2D eigenvalue weighted by molar-refractivity contribution is 7.89. The van der Waals surface area contributed by atoms with E-state index in [4.69, 9.17) is 11.6 Å². The summed E-state index contributed by atoms with van der Waals surface area (Å²) < 4.78 is 27.1. The lowest BCUT2D eigenvalue weighted by atomic mass is 10.1. The fourth-order valence-electron chi connectivity index (χ4n) is 2.63. The van der Waals surface area contributed by atoms with E-state index in [-0.39, 0.29) is 11.8 Å². The minimum absolute atomic E-state index is 0.155. The first kappa shape index (κ1) is 19.2. The van der Waals surface area contributed by atoms with E-state index in [1.165, 1.54) is 0 Å². The number of hydrogen-bond acceptors (Lipinski definition) is 4. The summed E-state index contributed by atoms with van der Waals surface area (Å²) >= 11 is 5.66. The molecule has 0 atom stereocenters. The Hall–Kier alpha value is 0.120. The van der Waals surface area contributed by atoms with E-state index in [0.29, 0.717) is 18.8 Å². The summed E-state index contributed by atoms with van der Waals surface area (Å²) in [6.07, 6.45) is 3.27. The lowest BCUT2D eigenvalue weighted by Crippen LogP contribution is -2.49. The number of hydrogen-bond donors (Lipinski definition) is 0. The van der Waals surface area contributed by atoms with Gasteiger partial charge >= 0.3 is 0 Å². The van der Waals surface area contributed by atoms with Crippen LogP contribution in [0, 0.1) is 0 Å². The molecule has 1 heterocycles. The Morgan fingerprint density at radius 2 is 1.76 bits per heavy atom. The molecule has 7 heteroatoms. The number of likely N-dealkylation sites (N-methyl/N-ethyl adjacent to an activating group) is 1. The van der Waals surface area contributed by atoms with Gasteiger partial charge in [0.2, 0.25) is 10.0 Å². The van der Waals surface area contributed by atoms with Crippen molar-refractivity contribution in [1.82, 2.24) is 14.1 Å². The summed E-state index contributed by atoms with van der Waals surface area (Å²) in [7, 11) is 2.87. The van der Waals surface area contributed by atoms with Crippen molar-refractivity contribution < 1.29 is 8.42 Å². The highest BCUT2D eigenvalue weighted by atomic mass is 35.5. The minimum Gasteiger partial charge on any atom is -0.308 e. The fourth-order valence-corrected chi connectivity index (χ4v) is 4.64. The molecule has 1 fully saturated rings. The van der Waals surface area contributed by atoms with Gasteiger partial charge in [-0.3, -0.25) is 0 Å². The molecule has 0 radical (unpaired) electrons. The molecule has 0 spiro atoms. The van der Waals surface area contributed by atoms with E-state index in [9.17, 15) is 8.42 Å². The van der Waals surface area contributed by atoms with Crippen LogP contribution in [0.4, 0.5) is 0 Å². The molecule has 0 bridgehead atoms. The van der Waals surface area contributed by atoms with Crippen LogP contribution in [0.1, 0.15) is 25.7 Å². The minimum atomic E-state index is -3.18. The first-order valence-electron chi connectivity index (χ1n) is 7.75. The molecule has 0 aliphatic carbocycles. The van der Waals surface area contributed by atoms with Gasteiger partial charge < -0.3 is 9.80 Å². The average molecular weight is 340 g/mol. The molecule has 0 aromatic carbocycles. The van der Waals surface area contributed by atoms with Crippen molar-refractivity contribution in [2.24, 2.45) is 0 Å². The molecule has 1 rings (SSSR count). The van der Waals surface area contributed by atoms with Crippen molar-refractivity contribution in [1.29, 1.82) is 0 Å². The highest BCUT2D eigenvalue weighted by Crippen LogP contribution is 2.20. The van der Waals surface area contributed by atoms with Crippen LogP contribution in [-0.4, -0.2) is 87.5 Å². The number of rotatable bonds is 9. The van der Waals surface area contributed by atoms with Crippen LogP contribution in [-0.2, 0) is 10.0 Å². The van der Waals surface area contributed by atoms with Gasteiger partial charge in [-0.05, 0) is 59.9 Å². The monoisotopic (exact) mass is 339 g/mol. The summed E-state index contributed by atoms with van der Waals surface area (Å²) in [5.74, 6) is 0.751. The molecule has 0 aromatic rings. The summed E-state index contributed by atoms with van der Waals surface area (Å²) in [5.41, 5.74) is 0. The summed E-state index contributed by atoms with van der Waals surface area (Å²) in [4.78, 5) is 4.30. The smallest absolute Gasteiger partial charge is 0.214 e. The maximum absolute atomic E-state index is 12.6. The van der Waals surface area contributed by atoms with Crippen molar-refractivity contribution in [3.63, 3.8) is 0 Å². The molecule has 0 aromatic heterocycles. The topological polar surface area (TPSA) is 43.9 Å². The predicted molar refractivity (Wildman–Crippen MR) is 89.5 cm³/mol. The molecular weight excluding hydrogens is 310 g/mol. The van der Waals surface area contributed by atoms with Crippen molar-refractivity contribution in [3.8, 4) is 0 Å². The summed E-state index contributed by atoms with van der Waals surface area (Å²) in [6.45, 7) is 3.30. The second-order valence-corrected chi connectivity index (χ2v) is 8.58. The number of nitrogens with zero attached hydrogens (tertiary/aromatic N) is 3. The lowest BCUT2D eigenvalue weighted by Gasteiger charge is -2.37. The van der Waals surface area contributed by atoms with E-state index in [0.717, 1.165) is 38.9 Å². The Balaban J connectivity index is 2.70. The lowest BCUT2D eigenvalue weighted by molar-refractivity contribution is 0.175. The molecule has 5 nitrogen and oxygen atoms in total. The van der Waals surface area contributed by atoms with E-state index in [1.807, 2.05) is 19.0 Å². The first-order chi connectivity index (χ1) is 9.86. The van der Waals surface area contributed by atoms with Crippen LogP contribution in [0.3, 0.4) is 0 Å². The Morgan fingerprint density at radius 1 is 1.14 bits per heavy atom. The standard InChI is InChI=1S/C14H30ClN3O2S/c1-16(2)11-12-18(14-6-9-17(3)10-7-14)21(19,20)13-5-4-8-15/h14H,4-13H2,1-3H3. The quantitative estimate of drug-likeness (QED) is 0.469. The Labute approximate surface area is 135 Å². The van der Waals surface area contributed by atoms with Gasteiger partial charge in [0.25, 0.3) is 0 Å². The molecule has 21 heavy (non-hydrogen) atoms. The second-order valence-electron chi connectivity index (χ2n) is 6.16. The third-order valence-electron chi connectivity index (χ3n) is 4.01. The number of sulfonamides is 1. The van der Waals surface area contributed by atoms with Gasteiger partial charge in [-0.25, -0.2) is 8.42 Å². The molecule has 1 aliphatic rings. The van der Waals surface area contributed by atoms with Crippen LogP contribution in [0.2, 0.25) is 0 Å².